The summed E-state index contributed by atoms with van der Waals surface area (Å²) in [4.78, 5) is 10.7. The molecule has 5 nitrogen and oxygen atoms in total. The molecule has 0 aromatic heterocycles. The Kier molecular flexibility index (Phi) is 6.67. The standard InChI is InChI=1S/C21H18BrClN2O3/c22-16-8-6-15(7-9-16)21(26)13-19(14-4-2-1-3-5-14)24-17-10-11-18(23)20(12-17)25(27)28/h1-12,19,21,24,26H,13H2. The molecule has 3 aromatic carbocycles. The Morgan fingerprint density at radius 3 is 2.36 bits per heavy atom. The van der Waals surface area contributed by atoms with Crippen LogP contribution >= 0.6 is 27.5 Å². The molecule has 28 heavy (non-hydrogen) atoms. The van der Waals surface area contributed by atoms with Crippen LogP contribution in [0.25, 0.3) is 0 Å². The van der Waals surface area contributed by atoms with Crippen LogP contribution in [0, 0.1) is 10.1 Å². The summed E-state index contributed by atoms with van der Waals surface area (Å²) in [6.45, 7) is 0. The van der Waals surface area contributed by atoms with E-state index in [4.69, 9.17) is 11.6 Å². The van der Waals surface area contributed by atoms with Gasteiger partial charge in [0.1, 0.15) is 5.02 Å². The molecule has 0 bridgehead atoms. The Bertz CT molecular complexity index is 952. The molecule has 2 N–H and O–H groups in total. The van der Waals surface area contributed by atoms with E-state index >= 15 is 0 Å². The minimum atomic E-state index is -0.701. The van der Waals surface area contributed by atoms with Gasteiger partial charge in [-0.05, 0) is 35.4 Å². The van der Waals surface area contributed by atoms with E-state index in [1.165, 1.54) is 12.1 Å². The van der Waals surface area contributed by atoms with E-state index in [9.17, 15) is 15.2 Å². The Balaban J connectivity index is 1.87. The molecular weight excluding hydrogens is 444 g/mol. The van der Waals surface area contributed by atoms with Crippen molar-refractivity contribution >= 4 is 38.9 Å². The highest BCUT2D eigenvalue weighted by atomic mass is 79.9. The Labute approximate surface area is 176 Å². The molecule has 3 aromatic rings. The molecule has 0 aliphatic carbocycles. The number of nitro groups is 1. The van der Waals surface area contributed by atoms with Gasteiger partial charge in [0.2, 0.25) is 0 Å². The smallest absolute Gasteiger partial charge is 0.289 e. The first-order valence-electron chi connectivity index (χ1n) is 8.63. The van der Waals surface area contributed by atoms with E-state index < -0.39 is 11.0 Å². The largest absolute Gasteiger partial charge is 0.388 e. The van der Waals surface area contributed by atoms with Crippen LogP contribution in [0.4, 0.5) is 11.4 Å². The average molecular weight is 462 g/mol. The molecule has 0 amide bonds. The topological polar surface area (TPSA) is 75.4 Å². The lowest BCUT2D eigenvalue weighted by atomic mass is 9.96. The normalized spacial score (nSPS) is 13.0. The number of nitro benzene ring substituents is 1. The number of aliphatic hydroxyl groups is 1. The zero-order chi connectivity index (χ0) is 20.1. The quantitative estimate of drug-likeness (QED) is 0.320. The van der Waals surface area contributed by atoms with Crippen molar-refractivity contribution in [3.63, 3.8) is 0 Å². The van der Waals surface area contributed by atoms with Crippen molar-refractivity contribution in [2.45, 2.75) is 18.6 Å². The van der Waals surface area contributed by atoms with Gasteiger partial charge >= 0.3 is 0 Å². The summed E-state index contributed by atoms with van der Waals surface area (Å²) < 4.78 is 0.939. The summed E-state index contributed by atoms with van der Waals surface area (Å²) in [5.74, 6) is 0. The Hall–Kier alpha value is -2.41. The maximum absolute atomic E-state index is 11.2. The number of anilines is 1. The molecule has 7 heteroatoms. The molecule has 0 saturated carbocycles. The van der Waals surface area contributed by atoms with Gasteiger partial charge in [-0.1, -0.05) is 70.0 Å². The number of benzene rings is 3. The molecule has 0 fully saturated rings. The number of nitrogens with one attached hydrogen (secondary N) is 1. The van der Waals surface area contributed by atoms with Crippen LogP contribution in [0.15, 0.2) is 77.3 Å². The highest BCUT2D eigenvalue weighted by Gasteiger charge is 2.20. The van der Waals surface area contributed by atoms with Crippen LogP contribution in [-0.2, 0) is 0 Å². The van der Waals surface area contributed by atoms with Crippen molar-refractivity contribution < 1.29 is 10.0 Å². The number of hydrogen-bond donors (Lipinski definition) is 2. The summed E-state index contributed by atoms with van der Waals surface area (Å²) in [6, 6.07) is 21.5. The van der Waals surface area contributed by atoms with Crippen LogP contribution in [0.2, 0.25) is 5.02 Å². The van der Waals surface area contributed by atoms with Crippen LogP contribution in [0.1, 0.15) is 29.7 Å². The van der Waals surface area contributed by atoms with Gasteiger partial charge in [0.25, 0.3) is 5.69 Å². The molecule has 0 aliphatic heterocycles. The molecule has 2 unspecified atom stereocenters. The molecular formula is C21H18BrClN2O3. The predicted octanol–water partition coefficient (Wildman–Crippen LogP) is 6.29. The van der Waals surface area contributed by atoms with Crippen molar-refractivity contribution in [3.05, 3.63) is 104 Å². The molecule has 0 aliphatic rings. The average Bonchev–Trinajstić information content (AvgIpc) is 2.69. The number of rotatable bonds is 7. The zero-order valence-corrected chi connectivity index (χ0v) is 17.1. The Morgan fingerprint density at radius 1 is 1.04 bits per heavy atom. The monoisotopic (exact) mass is 460 g/mol. The van der Waals surface area contributed by atoms with E-state index in [0.29, 0.717) is 12.1 Å². The second kappa shape index (κ2) is 9.19. The number of aliphatic hydroxyl groups excluding tert-OH is 1. The number of halogens is 2. The third kappa shape index (κ3) is 5.10. The van der Waals surface area contributed by atoms with Crippen LogP contribution in [0.3, 0.4) is 0 Å². The molecule has 144 valence electrons. The van der Waals surface area contributed by atoms with Crippen LogP contribution in [0.5, 0.6) is 0 Å². The number of nitrogens with zero attached hydrogens (tertiary/aromatic N) is 1. The van der Waals surface area contributed by atoms with Gasteiger partial charge in [-0.3, -0.25) is 10.1 Å². The first-order valence-corrected chi connectivity index (χ1v) is 9.80. The summed E-state index contributed by atoms with van der Waals surface area (Å²) in [5, 5.41) is 25.3. The van der Waals surface area contributed by atoms with E-state index in [1.807, 2.05) is 54.6 Å². The van der Waals surface area contributed by atoms with Gasteiger partial charge < -0.3 is 10.4 Å². The number of hydrogen-bond acceptors (Lipinski definition) is 4. The van der Waals surface area contributed by atoms with Crippen molar-refractivity contribution in [2.24, 2.45) is 0 Å². The first-order chi connectivity index (χ1) is 13.4. The zero-order valence-electron chi connectivity index (χ0n) is 14.8. The van der Waals surface area contributed by atoms with Crippen molar-refractivity contribution in [2.75, 3.05) is 5.32 Å². The van der Waals surface area contributed by atoms with E-state index in [0.717, 1.165) is 15.6 Å². The van der Waals surface area contributed by atoms with E-state index in [1.54, 1.807) is 6.07 Å². The van der Waals surface area contributed by atoms with Gasteiger partial charge in [-0.25, -0.2) is 0 Å². The first kappa shape index (κ1) is 20.3. The third-order valence-corrected chi connectivity index (χ3v) is 5.25. The SMILES string of the molecule is O=[N+]([O-])c1cc(NC(CC(O)c2ccc(Br)cc2)c2ccccc2)ccc1Cl. The van der Waals surface area contributed by atoms with Crippen LogP contribution < -0.4 is 5.32 Å². The Morgan fingerprint density at radius 2 is 1.71 bits per heavy atom. The van der Waals surface area contributed by atoms with Crippen molar-refractivity contribution in [1.29, 1.82) is 0 Å². The summed E-state index contributed by atoms with van der Waals surface area (Å²) in [7, 11) is 0. The summed E-state index contributed by atoms with van der Waals surface area (Å²) in [6.07, 6.45) is -0.310. The van der Waals surface area contributed by atoms with Gasteiger partial charge in [0.15, 0.2) is 0 Å². The van der Waals surface area contributed by atoms with Crippen molar-refractivity contribution in [3.8, 4) is 0 Å². The minimum Gasteiger partial charge on any atom is -0.388 e. The molecule has 2 atom stereocenters. The maximum atomic E-state index is 11.2. The van der Waals surface area contributed by atoms with Gasteiger partial charge in [0, 0.05) is 22.6 Å². The van der Waals surface area contributed by atoms with Gasteiger partial charge in [-0.15, -0.1) is 0 Å². The second-order valence-corrected chi connectivity index (χ2v) is 7.66. The lowest BCUT2D eigenvalue weighted by Crippen LogP contribution is -2.15. The second-order valence-electron chi connectivity index (χ2n) is 6.33. The predicted molar refractivity (Wildman–Crippen MR) is 115 cm³/mol. The molecule has 0 spiro atoms. The van der Waals surface area contributed by atoms with Gasteiger partial charge in [0.05, 0.1) is 17.1 Å². The molecule has 0 heterocycles. The van der Waals surface area contributed by atoms with E-state index in [2.05, 4.69) is 21.2 Å². The fraction of sp³-hybridized carbons (Fsp3) is 0.143. The van der Waals surface area contributed by atoms with Crippen LogP contribution in [-0.4, -0.2) is 10.0 Å². The fourth-order valence-corrected chi connectivity index (χ4v) is 3.40. The lowest BCUT2D eigenvalue weighted by Gasteiger charge is -2.23. The maximum Gasteiger partial charge on any atom is 0.289 e. The summed E-state index contributed by atoms with van der Waals surface area (Å²) >= 11 is 9.30. The highest BCUT2D eigenvalue weighted by Crippen LogP contribution is 2.33. The van der Waals surface area contributed by atoms with Crippen molar-refractivity contribution in [1.82, 2.24) is 0 Å². The third-order valence-electron chi connectivity index (χ3n) is 4.40. The van der Waals surface area contributed by atoms with E-state index in [-0.39, 0.29) is 16.8 Å². The lowest BCUT2D eigenvalue weighted by molar-refractivity contribution is -0.384. The highest BCUT2D eigenvalue weighted by molar-refractivity contribution is 9.10. The molecule has 0 saturated heterocycles. The molecule has 0 radical (unpaired) electrons. The molecule has 3 rings (SSSR count). The minimum absolute atomic E-state index is 0.0849. The summed E-state index contributed by atoms with van der Waals surface area (Å²) in [5.41, 5.74) is 2.17. The van der Waals surface area contributed by atoms with Gasteiger partial charge in [-0.2, -0.15) is 0 Å². The fourth-order valence-electron chi connectivity index (χ4n) is 2.95.